The molecule has 1 atom stereocenters. The van der Waals surface area contributed by atoms with Crippen LogP contribution in [0, 0.1) is 0 Å². The summed E-state index contributed by atoms with van der Waals surface area (Å²) in [6.07, 6.45) is -0.193. The summed E-state index contributed by atoms with van der Waals surface area (Å²) in [5.41, 5.74) is 0. The van der Waals surface area contributed by atoms with Gasteiger partial charge in [-0.05, 0) is 45.3 Å². The Morgan fingerprint density at radius 1 is 1.17 bits per heavy atom. The third-order valence-corrected chi connectivity index (χ3v) is 3.05. The molecule has 0 aromatic carbocycles. The molecule has 0 saturated carbocycles. The van der Waals surface area contributed by atoms with E-state index in [0.717, 1.165) is 32.2 Å². The zero-order valence-electron chi connectivity index (χ0n) is 11.8. The van der Waals surface area contributed by atoms with E-state index < -0.39 is 12.7 Å². The SMILES string of the molecule is CCCNC(CC)CCCN(CC)CC(F)(F)F. The molecule has 0 aliphatic heterocycles. The molecule has 0 spiro atoms. The summed E-state index contributed by atoms with van der Waals surface area (Å²) >= 11 is 0. The molecular weight excluding hydrogens is 241 g/mol. The molecular formula is C13H27F3N2. The second-order valence-corrected chi connectivity index (χ2v) is 4.69. The van der Waals surface area contributed by atoms with E-state index in [9.17, 15) is 13.2 Å². The minimum Gasteiger partial charge on any atom is -0.314 e. The van der Waals surface area contributed by atoms with Gasteiger partial charge in [-0.25, -0.2) is 0 Å². The van der Waals surface area contributed by atoms with Crippen molar-refractivity contribution in [3.8, 4) is 0 Å². The van der Waals surface area contributed by atoms with Crippen LogP contribution in [0.25, 0.3) is 0 Å². The Balaban J connectivity index is 3.83. The lowest BCUT2D eigenvalue weighted by Crippen LogP contribution is -2.36. The lowest BCUT2D eigenvalue weighted by atomic mass is 10.1. The topological polar surface area (TPSA) is 15.3 Å². The highest BCUT2D eigenvalue weighted by Gasteiger charge is 2.29. The van der Waals surface area contributed by atoms with Crippen molar-refractivity contribution in [3.05, 3.63) is 0 Å². The lowest BCUT2D eigenvalue weighted by molar-refractivity contribution is -0.145. The maximum Gasteiger partial charge on any atom is 0.401 e. The van der Waals surface area contributed by atoms with Crippen molar-refractivity contribution in [2.45, 2.75) is 58.7 Å². The van der Waals surface area contributed by atoms with Crippen LogP contribution in [0.3, 0.4) is 0 Å². The normalized spacial score (nSPS) is 14.2. The number of halogens is 3. The molecule has 5 heteroatoms. The van der Waals surface area contributed by atoms with E-state index in [4.69, 9.17) is 0 Å². The molecule has 2 nitrogen and oxygen atoms in total. The first kappa shape index (κ1) is 17.7. The largest absolute Gasteiger partial charge is 0.401 e. The molecule has 1 N–H and O–H groups in total. The second-order valence-electron chi connectivity index (χ2n) is 4.69. The Kier molecular flexibility index (Phi) is 9.46. The minimum atomic E-state index is -4.08. The van der Waals surface area contributed by atoms with Crippen molar-refractivity contribution in [1.82, 2.24) is 10.2 Å². The van der Waals surface area contributed by atoms with Gasteiger partial charge in [-0.3, -0.25) is 4.90 Å². The smallest absolute Gasteiger partial charge is 0.314 e. The molecule has 0 fully saturated rings. The molecule has 1 unspecified atom stereocenters. The van der Waals surface area contributed by atoms with Crippen LogP contribution in [0.15, 0.2) is 0 Å². The van der Waals surface area contributed by atoms with Crippen molar-refractivity contribution >= 4 is 0 Å². The molecule has 18 heavy (non-hydrogen) atoms. The Morgan fingerprint density at radius 2 is 1.83 bits per heavy atom. The molecule has 110 valence electrons. The van der Waals surface area contributed by atoms with Gasteiger partial charge >= 0.3 is 6.18 Å². The summed E-state index contributed by atoms with van der Waals surface area (Å²) in [6.45, 7) is 7.18. The van der Waals surface area contributed by atoms with Crippen LogP contribution < -0.4 is 5.32 Å². The second kappa shape index (κ2) is 9.62. The number of rotatable bonds is 10. The predicted molar refractivity (Wildman–Crippen MR) is 69.8 cm³/mol. The quantitative estimate of drug-likeness (QED) is 0.653. The van der Waals surface area contributed by atoms with Crippen LogP contribution in [0.5, 0.6) is 0 Å². The van der Waals surface area contributed by atoms with E-state index >= 15 is 0 Å². The monoisotopic (exact) mass is 268 g/mol. The Bertz CT molecular complexity index is 195. The van der Waals surface area contributed by atoms with E-state index in [1.165, 1.54) is 4.90 Å². The summed E-state index contributed by atoms with van der Waals surface area (Å²) in [4.78, 5) is 1.46. The van der Waals surface area contributed by atoms with E-state index in [1.807, 2.05) is 0 Å². The van der Waals surface area contributed by atoms with Crippen LogP contribution in [0.1, 0.15) is 46.5 Å². The Labute approximate surface area is 109 Å². The fourth-order valence-electron chi connectivity index (χ4n) is 1.96. The van der Waals surface area contributed by atoms with Crippen LogP contribution in [-0.2, 0) is 0 Å². The van der Waals surface area contributed by atoms with E-state index in [1.54, 1.807) is 6.92 Å². The van der Waals surface area contributed by atoms with E-state index in [-0.39, 0.29) is 0 Å². The number of hydrogen-bond acceptors (Lipinski definition) is 2. The zero-order chi connectivity index (χ0) is 14.0. The van der Waals surface area contributed by atoms with Crippen molar-refractivity contribution in [2.75, 3.05) is 26.2 Å². The van der Waals surface area contributed by atoms with Gasteiger partial charge in [-0.2, -0.15) is 13.2 Å². The van der Waals surface area contributed by atoms with Gasteiger partial charge in [0, 0.05) is 6.04 Å². The van der Waals surface area contributed by atoms with Gasteiger partial charge in [0.1, 0.15) is 0 Å². The first-order valence-corrected chi connectivity index (χ1v) is 6.95. The van der Waals surface area contributed by atoms with Crippen molar-refractivity contribution in [3.63, 3.8) is 0 Å². The molecule has 0 aromatic heterocycles. The Hall–Kier alpha value is -0.290. The zero-order valence-corrected chi connectivity index (χ0v) is 11.8. The van der Waals surface area contributed by atoms with Crippen LogP contribution >= 0.6 is 0 Å². The average molecular weight is 268 g/mol. The molecule has 0 rings (SSSR count). The van der Waals surface area contributed by atoms with Gasteiger partial charge in [0.25, 0.3) is 0 Å². The van der Waals surface area contributed by atoms with Gasteiger partial charge in [0.2, 0.25) is 0 Å². The maximum absolute atomic E-state index is 12.3. The third-order valence-electron chi connectivity index (χ3n) is 3.05. The number of nitrogens with one attached hydrogen (secondary N) is 1. The highest BCUT2D eigenvalue weighted by atomic mass is 19.4. The minimum absolute atomic E-state index is 0.439. The van der Waals surface area contributed by atoms with Crippen molar-refractivity contribution < 1.29 is 13.2 Å². The maximum atomic E-state index is 12.3. The lowest BCUT2D eigenvalue weighted by Gasteiger charge is -2.23. The molecule has 0 amide bonds. The average Bonchev–Trinajstić information content (AvgIpc) is 2.30. The highest BCUT2D eigenvalue weighted by molar-refractivity contribution is 4.67. The van der Waals surface area contributed by atoms with E-state index in [0.29, 0.717) is 19.1 Å². The van der Waals surface area contributed by atoms with Crippen LogP contribution in [0.4, 0.5) is 13.2 Å². The third kappa shape index (κ3) is 9.71. The first-order chi connectivity index (χ1) is 8.42. The molecule has 0 aliphatic carbocycles. The summed E-state index contributed by atoms with van der Waals surface area (Å²) < 4.78 is 36.8. The fraction of sp³-hybridized carbons (Fsp3) is 1.00. The van der Waals surface area contributed by atoms with Crippen LogP contribution in [0.2, 0.25) is 0 Å². The van der Waals surface area contributed by atoms with Gasteiger partial charge in [0.05, 0.1) is 6.54 Å². The number of nitrogens with zero attached hydrogens (tertiary/aromatic N) is 1. The summed E-state index contributed by atoms with van der Waals surface area (Å²) in [5.74, 6) is 0. The highest BCUT2D eigenvalue weighted by Crippen LogP contribution is 2.16. The van der Waals surface area contributed by atoms with Gasteiger partial charge in [-0.15, -0.1) is 0 Å². The Morgan fingerprint density at radius 3 is 2.28 bits per heavy atom. The summed E-state index contributed by atoms with van der Waals surface area (Å²) in [6, 6.07) is 0.439. The van der Waals surface area contributed by atoms with Gasteiger partial charge in [-0.1, -0.05) is 20.8 Å². The number of alkyl halides is 3. The standard InChI is InChI=1S/C13H27F3N2/c1-4-9-17-12(5-2)8-7-10-18(6-3)11-13(14,15)16/h12,17H,4-11H2,1-3H3. The van der Waals surface area contributed by atoms with Crippen LogP contribution in [-0.4, -0.2) is 43.3 Å². The summed E-state index contributed by atoms with van der Waals surface area (Å²) in [5, 5.41) is 3.42. The molecule has 0 aliphatic rings. The molecule has 0 heterocycles. The van der Waals surface area contributed by atoms with Gasteiger partial charge < -0.3 is 5.32 Å². The molecule has 0 aromatic rings. The molecule has 0 saturated heterocycles. The summed E-state index contributed by atoms with van der Waals surface area (Å²) in [7, 11) is 0. The number of hydrogen-bond donors (Lipinski definition) is 1. The van der Waals surface area contributed by atoms with E-state index in [2.05, 4.69) is 19.2 Å². The first-order valence-electron chi connectivity index (χ1n) is 6.95. The van der Waals surface area contributed by atoms with Crippen molar-refractivity contribution in [2.24, 2.45) is 0 Å². The van der Waals surface area contributed by atoms with Crippen molar-refractivity contribution in [1.29, 1.82) is 0 Å². The van der Waals surface area contributed by atoms with Gasteiger partial charge in [0.15, 0.2) is 0 Å². The predicted octanol–water partition coefficient (Wildman–Crippen LogP) is 3.43. The fourth-order valence-corrected chi connectivity index (χ4v) is 1.96. The molecule has 0 radical (unpaired) electrons. The molecule has 0 bridgehead atoms.